The van der Waals surface area contributed by atoms with Crippen molar-refractivity contribution in [1.29, 1.82) is 0 Å². The molecule has 0 saturated heterocycles. The van der Waals surface area contributed by atoms with Gasteiger partial charge >= 0.3 is 5.97 Å². The molecule has 3 aromatic rings. The van der Waals surface area contributed by atoms with Gasteiger partial charge in [-0.25, -0.2) is 14.8 Å². The summed E-state index contributed by atoms with van der Waals surface area (Å²) >= 11 is 0. The largest absolute Gasteiger partial charge is 0.465 e. The van der Waals surface area contributed by atoms with E-state index >= 15 is 0 Å². The lowest BCUT2D eigenvalue weighted by molar-refractivity contribution is 0.0601. The Kier molecular flexibility index (Phi) is 4.70. The fraction of sp³-hybridized carbons (Fsp3) is 0.190. The second-order valence-corrected chi connectivity index (χ2v) is 6.40. The first kappa shape index (κ1) is 17.0. The molecule has 136 valence electrons. The van der Waals surface area contributed by atoms with Crippen molar-refractivity contribution in [3.8, 4) is 0 Å². The monoisotopic (exact) mass is 360 g/mol. The Morgan fingerprint density at radius 2 is 1.85 bits per heavy atom. The van der Waals surface area contributed by atoms with Crippen molar-refractivity contribution >= 4 is 23.3 Å². The third-order valence-electron chi connectivity index (χ3n) is 4.69. The van der Waals surface area contributed by atoms with Crippen LogP contribution in [0.1, 0.15) is 21.5 Å². The molecule has 1 aliphatic heterocycles. The lowest BCUT2D eigenvalue weighted by Gasteiger charge is -2.29. The molecule has 1 aromatic heterocycles. The lowest BCUT2D eigenvalue weighted by atomic mass is 10.00. The summed E-state index contributed by atoms with van der Waals surface area (Å²) in [5.74, 6) is 1.26. The molecule has 0 atom stereocenters. The van der Waals surface area contributed by atoms with Crippen LogP contribution in [0.15, 0.2) is 60.9 Å². The Hall–Kier alpha value is -3.41. The van der Waals surface area contributed by atoms with Gasteiger partial charge in [0.1, 0.15) is 18.0 Å². The number of nitrogens with one attached hydrogen (secondary N) is 1. The number of methoxy groups -OCH3 is 1. The number of hydrogen-bond acceptors (Lipinski definition) is 6. The number of benzene rings is 2. The number of carbonyl (C=O) groups is 1. The maximum absolute atomic E-state index is 11.5. The molecule has 0 saturated carbocycles. The minimum Gasteiger partial charge on any atom is -0.465 e. The van der Waals surface area contributed by atoms with Gasteiger partial charge in [0.25, 0.3) is 0 Å². The molecule has 4 rings (SSSR count). The highest BCUT2D eigenvalue weighted by Gasteiger charge is 2.17. The minimum absolute atomic E-state index is 0.351. The molecule has 0 fully saturated rings. The van der Waals surface area contributed by atoms with E-state index in [4.69, 9.17) is 4.74 Å². The molecule has 6 nitrogen and oxygen atoms in total. The predicted octanol–water partition coefficient (Wildman–Crippen LogP) is 3.57. The number of ether oxygens (including phenoxy) is 1. The Balaban J connectivity index is 1.49. The third kappa shape index (κ3) is 3.74. The summed E-state index contributed by atoms with van der Waals surface area (Å²) in [5, 5.41) is 3.26. The van der Waals surface area contributed by atoms with E-state index in [2.05, 4.69) is 44.5 Å². The van der Waals surface area contributed by atoms with E-state index in [1.807, 2.05) is 18.2 Å². The van der Waals surface area contributed by atoms with E-state index < -0.39 is 0 Å². The molecule has 1 N–H and O–H groups in total. The van der Waals surface area contributed by atoms with Gasteiger partial charge in [-0.1, -0.05) is 24.3 Å². The van der Waals surface area contributed by atoms with Crippen LogP contribution in [0.3, 0.4) is 0 Å². The van der Waals surface area contributed by atoms with Gasteiger partial charge < -0.3 is 15.0 Å². The number of anilines is 3. The number of aromatic nitrogens is 2. The Bertz CT molecular complexity index is 956. The molecule has 0 radical (unpaired) electrons. The molecule has 6 heteroatoms. The van der Waals surface area contributed by atoms with Gasteiger partial charge in [0.05, 0.1) is 12.7 Å². The van der Waals surface area contributed by atoms with Crippen LogP contribution >= 0.6 is 0 Å². The number of rotatable bonds is 4. The average Bonchev–Trinajstić information content (AvgIpc) is 2.73. The molecular weight excluding hydrogens is 340 g/mol. The topological polar surface area (TPSA) is 67.3 Å². The molecular formula is C21H20N4O2. The van der Waals surface area contributed by atoms with Crippen molar-refractivity contribution in [3.63, 3.8) is 0 Å². The molecule has 2 heterocycles. The smallest absolute Gasteiger partial charge is 0.337 e. The zero-order chi connectivity index (χ0) is 18.6. The summed E-state index contributed by atoms with van der Waals surface area (Å²) in [6.45, 7) is 1.78. The lowest BCUT2D eigenvalue weighted by Crippen LogP contribution is -2.31. The molecule has 0 amide bonds. The molecule has 27 heavy (non-hydrogen) atoms. The van der Waals surface area contributed by atoms with Gasteiger partial charge in [0, 0.05) is 24.8 Å². The minimum atomic E-state index is -0.351. The first-order valence-corrected chi connectivity index (χ1v) is 8.82. The summed E-state index contributed by atoms with van der Waals surface area (Å²) in [5.41, 5.74) is 4.11. The number of nitrogens with zero attached hydrogens (tertiary/aromatic N) is 3. The van der Waals surface area contributed by atoms with E-state index in [0.29, 0.717) is 11.4 Å². The highest BCUT2D eigenvalue weighted by Crippen LogP contribution is 2.25. The Morgan fingerprint density at radius 3 is 2.63 bits per heavy atom. The normalized spacial score (nSPS) is 13.0. The number of esters is 1. The number of fused-ring (bicyclic) bond motifs is 1. The molecule has 0 spiro atoms. The summed E-state index contributed by atoms with van der Waals surface area (Å²) in [4.78, 5) is 22.5. The standard InChI is InChI=1S/C21H20N4O2/c1-27-21(26)16-6-8-18(9-7-16)24-19-12-20(23-14-22-19)25-11-10-15-4-2-3-5-17(15)13-25/h2-9,12,14H,10-11,13H2,1H3,(H,22,23,24). The highest BCUT2D eigenvalue weighted by atomic mass is 16.5. The summed E-state index contributed by atoms with van der Waals surface area (Å²) < 4.78 is 4.72. The Labute approximate surface area is 157 Å². The fourth-order valence-corrected chi connectivity index (χ4v) is 3.23. The number of carbonyl (C=O) groups excluding carboxylic acids is 1. The van der Waals surface area contributed by atoms with Crippen LogP contribution in [0.5, 0.6) is 0 Å². The van der Waals surface area contributed by atoms with Gasteiger partial charge in [-0.3, -0.25) is 0 Å². The van der Waals surface area contributed by atoms with Gasteiger partial charge in [-0.15, -0.1) is 0 Å². The third-order valence-corrected chi connectivity index (χ3v) is 4.69. The van der Waals surface area contributed by atoms with Gasteiger partial charge in [0.2, 0.25) is 0 Å². The average molecular weight is 360 g/mol. The van der Waals surface area contributed by atoms with Crippen LogP contribution in [0.2, 0.25) is 0 Å². The second-order valence-electron chi connectivity index (χ2n) is 6.40. The van der Waals surface area contributed by atoms with E-state index in [-0.39, 0.29) is 5.97 Å². The predicted molar refractivity (Wildman–Crippen MR) is 104 cm³/mol. The van der Waals surface area contributed by atoms with E-state index in [0.717, 1.165) is 31.0 Å². The highest BCUT2D eigenvalue weighted by molar-refractivity contribution is 5.89. The van der Waals surface area contributed by atoms with Crippen LogP contribution in [0.25, 0.3) is 0 Å². The summed E-state index contributed by atoms with van der Waals surface area (Å²) in [6.07, 6.45) is 2.58. The van der Waals surface area contributed by atoms with E-state index in [1.54, 1.807) is 18.5 Å². The fourth-order valence-electron chi connectivity index (χ4n) is 3.23. The van der Waals surface area contributed by atoms with Crippen LogP contribution in [-0.4, -0.2) is 29.6 Å². The molecule has 0 bridgehead atoms. The zero-order valence-electron chi connectivity index (χ0n) is 15.1. The molecule has 0 aliphatic carbocycles. The maximum atomic E-state index is 11.5. The molecule has 0 unspecified atom stereocenters. The van der Waals surface area contributed by atoms with Crippen molar-refractivity contribution in [1.82, 2.24) is 9.97 Å². The van der Waals surface area contributed by atoms with Crippen LogP contribution in [0, 0.1) is 0 Å². The van der Waals surface area contributed by atoms with Crippen molar-refractivity contribution in [2.75, 3.05) is 23.9 Å². The van der Waals surface area contributed by atoms with Gasteiger partial charge in [0.15, 0.2) is 0 Å². The Morgan fingerprint density at radius 1 is 1.07 bits per heavy atom. The summed E-state index contributed by atoms with van der Waals surface area (Å²) in [7, 11) is 1.37. The maximum Gasteiger partial charge on any atom is 0.337 e. The van der Waals surface area contributed by atoms with Crippen molar-refractivity contribution < 1.29 is 9.53 Å². The van der Waals surface area contributed by atoms with E-state index in [1.165, 1.54) is 18.2 Å². The quantitative estimate of drug-likeness (QED) is 0.718. The van der Waals surface area contributed by atoms with Crippen LogP contribution < -0.4 is 10.2 Å². The van der Waals surface area contributed by atoms with Crippen LogP contribution in [-0.2, 0) is 17.7 Å². The summed E-state index contributed by atoms with van der Waals surface area (Å²) in [6, 6.07) is 17.6. The second kappa shape index (κ2) is 7.45. The van der Waals surface area contributed by atoms with Crippen LogP contribution in [0.4, 0.5) is 17.3 Å². The van der Waals surface area contributed by atoms with Gasteiger partial charge in [-0.2, -0.15) is 0 Å². The van der Waals surface area contributed by atoms with E-state index in [9.17, 15) is 4.79 Å². The zero-order valence-corrected chi connectivity index (χ0v) is 15.1. The van der Waals surface area contributed by atoms with Gasteiger partial charge in [-0.05, 0) is 41.8 Å². The first-order chi connectivity index (χ1) is 13.2. The SMILES string of the molecule is COC(=O)c1ccc(Nc2cc(N3CCc4ccccc4C3)ncn2)cc1. The molecule has 2 aromatic carbocycles. The molecule has 1 aliphatic rings. The van der Waals surface area contributed by atoms with Crippen molar-refractivity contribution in [3.05, 3.63) is 77.6 Å². The van der Waals surface area contributed by atoms with Crippen molar-refractivity contribution in [2.24, 2.45) is 0 Å². The number of hydrogen-bond donors (Lipinski definition) is 1. The van der Waals surface area contributed by atoms with Crippen molar-refractivity contribution in [2.45, 2.75) is 13.0 Å². The first-order valence-electron chi connectivity index (χ1n) is 8.82.